The minimum atomic E-state index is -0.143. The predicted octanol–water partition coefficient (Wildman–Crippen LogP) is 1.90. The van der Waals surface area contributed by atoms with E-state index in [1.54, 1.807) is 25.0 Å². The minimum absolute atomic E-state index is 0.143. The summed E-state index contributed by atoms with van der Waals surface area (Å²) in [4.78, 5) is 21.8. The van der Waals surface area contributed by atoms with Crippen molar-refractivity contribution in [2.75, 3.05) is 21.2 Å². The summed E-state index contributed by atoms with van der Waals surface area (Å²) in [6, 6.07) is 8.26. The molecule has 0 radical (unpaired) electrons. The topological polar surface area (TPSA) is 76.0 Å². The predicted molar refractivity (Wildman–Crippen MR) is 96.9 cm³/mol. The van der Waals surface area contributed by atoms with Gasteiger partial charge in [0.25, 0.3) is 5.56 Å². The largest absolute Gasteiger partial charge is 0.497 e. The normalized spacial score (nSPS) is 12.7. The highest BCUT2D eigenvalue weighted by Gasteiger charge is 2.16. The molecule has 3 aromatic rings. The third-order valence-electron chi connectivity index (χ3n) is 4.41. The van der Waals surface area contributed by atoms with E-state index in [2.05, 4.69) is 26.0 Å². The first-order chi connectivity index (χ1) is 12.0. The summed E-state index contributed by atoms with van der Waals surface area (Å²) in [5, 5.41) is 4.62. The van der Waals surface area contributed by atoms with Gasteiger partial charge in [-0.1, -0.05) is 12.1 Å². The molecule has 1 aromatic carbocycles. The molecule has 0 saturated heterocycles. The van der Waals surface area contributed by atoms with Gasteiger partial charge in [0.2, 0.25) is 0 Å². The summed E-state index contributed by atoms with van der Waals surface area (Å²) in [6.07, 6.45) is 3.03. The molecule has 7 heteroatoms. The van der Waals surface area contributed by atoms with Crippen LogP contribution in [0.5, 0.6) is 5.75 Å². The van der Waals surface area contributed by atoms with E-state index in [0.29, 0.717) is 23.3 Å². The maximum Gasteiger partial charge on any atom is 0.262 e. The van der Waals surface area contributed by atoms with Gasteiger partial charge in [-0.05, 0) is 38.2 Å². The highest BCUT2D eigenvalue weighted by molar-refractivity contribution is 5.72. The monoisotopic (exact) mass is 341 g/mol. The Morgan fingerprint density at radius 3 is 2.88 bits per heavy atom. The van der Waals surface area contributed by atoms with Crippen LogP contribution in [0, 0.1) is 0 Å². The lowest BCUT2D eigenvalue weighted by Gasteiger charge is -2.25. The van der Waals surface area contributed by atoms with Crippen molar-refractivity contribution in [2.24, 2.45) is 7.05 Å². The molecule has 3 rings (SSSR count). The number of nitrogens with one attached hydrogen (secondary N) is 1. The molecular formula is C18H23N5O2. The van der Waals surface area contributed by atoms with E-state index < -0.39 is 0 Å². The molecule has 0 aliphatic carbocycles. The lowest BCUT2D eigenvalue weighted by molar-refractivity contribution is 0.282. The van der Waals surface area contributed by atoms with E-state index >= 15 is 0 Å². The zero-order chi connectivity index (χ0) is 18.0. The highest BCUT2D eigenvalue weighted by Crippen LogP contribution is 2.26. The van der Waals surface area contributed by atoms with Crippen LogP contribution in [0.2, 0.25) is 0 Å². The average molecular weight is 341 g/mol. The quantitative estimate of drug-likeness (QED) is 0.741. The Kier molecular flexibility index (Phi) is 4.85. The summed E-state index contributed by atoms with van der Waals surface area (Å²) < 4.78 is 6.95. The lowest BCUT2D eigenvalue weighted by atomic mass is 10.0. The number of aryl methyl sites for hydroxylation is 2. The molecule has 0 fully saturated rings. The van der Waals surface area contributed by atoms with Crippen molar-refractivity contribution in [3.63, 3.8) is 0 Å². The fourth-order valence-corrected chi connectivity index (χ4v) is 3.04. The number of ether oxygens (including phenoxy) is 1. The Balaban J connectivity index is 1.84. The van der Waals surface area contributed by atoms with Crippen molar-refractivity contribution in [2.45, 2.75) is 18.9 Å². The van der Waals surface area contributed by atoms with Crippen LogP contribution in [-0.4, -0.2) is 45.9 Å². The van der Waals surface area contributed by atoms with Crippen molar-refractivity contribution < 1.29 is 4.74 Å². The van der Waals surface area contributed by atoms with Gasteiger partial charge in [0, 0.05) is 19.5 Å². The molecule has 0 bridgehead atoms. The van der Waals surface area contributed by atoms with Gasteiger partial charge in [-0.15, -0.1) is 0 Å². The number of methoxy groups -OCH3 is 1. The SMILES string of the molecule is COc1cccc(C(CCc2nc3c(cnn3C)c(=O)[nH]2)N(C)C)c1. The molecule has 0 aliphatic rings. The highest BCUT2D eigenvalue weighted by atomic mass is 16.5. The third-order valence-corrected chi connectivity index (χ3v) is 4.41. The molecule has 1 unspecified atom stereocenters. The molecule has 1 atom stereocenters. The molecule has 7 nitrogen and oxygen atoms in total. The molecule has 0 spiro atoms. The van der Waals surface area contributed by atoms with Crippen LogP contribution in [0.3, 0.4) is 0 Å². The molecule has 0 amide bonds. The second-order valence-electron chi connectivity index (χ2n) is 6.31. The van der Waals surface area contributed by atoms with Gasteiger partial charge >= 0.3 is 0 Å². The van der Waals surface area contributed by atoms with Gasteiger partial charge < -0.3 is 14.6 Å². The van der Waals surface area contributed by atoms with E-state index in [-0.39, 0.29) is 11.6 Å². The first kappa shape index (κ1) is 17.2. The van der Waals surface area contributed by atoms with Crippen LogP contribution in [-0.2, 0) is 13.5 Å². The molecule has 2 aromatic heterocycles. The van der Waals surface area contributed by atoms with Crippen molar-refractivity contribution in [1.82, 2.24) is 24.6 Å². The van der Waals surface area contributed by atoms with Crippen LogP contribution in [0.15, 0.2) is 35.3 Å². The van der Waals surface area contributed by atoms with E-state index in [1.165, 1.54) is 5.56 Å². The van der Waals surface area contributed by atoms with Gasteiger partial charge in [0.15, 0.2) is 5.65 Å². The smallest absolute Gasteiger partial charge is 0.262 e. The number of hydrogen-bond acceptors (Lipinski definition) is 5. The van der Waals surface area contributed by atoms with Crippen molar-refractivity contribution in [3.8, 4) is 5.75 Å². The first-order valence-corrected chi connectivity index (χ1v) is 8.21. The number of fused-ring (bicyclic) bond motifs is 1. The van der Waals surface area contributed by atoms with Crippen LogP contribution in [0.4, 0.5) is 0 Å². The standard InChI is InChI=1S/C18H23N5O2/c1-22(2)15(12-6-5-7-13(10-12)25-4)8-9-16-20-17-14(18(24)21-16)11-19-23(17)3/h5-7,10-11,15H,8-9H2,1-4H3,(H,20,21,24). The third kappa shape index (κ3) is 3.56. The van der Waals surface area contributed by atoms with Gasteiger partial charge in [-0.3, -0.25) is 9.48 Å². The zero-order valence-corrected chi connectivity index (χ0v) is 15.0. The molecular weight excluding hydrogens is 318 g/mol. The van der Waals surface area contributed by atoms with Crippen molar-refractivity contribution >= 4 is 11.0 Å². The summed E-state index contributed by atoms with van der Waals surface area (Å²) in [5.74, 6) is 1.52. The molecule has 0 saturated carbocycles. The first-order valence-electron chi connectivity index (χ1n) is 8.21. The molecule has 2 heterocycles. The van der Waals surface area contributed by atoms with Gasteiger partial charge in [0.1, 0.15) is 17.0 Å². The van der Waals surface area contributed by atoms with E-state index in [9.17, 15) is 4.79 Å². The number of aromatic amines is 1. The van der Waals surface area contributed by atoms with Crippen LogP contribution in [0.25, 0.3) is 11.0 Å². The van der Waals surface area contributed by atoms with E-state index in [1.807, 2.05) is 32.3 Å². The molecule has 25 heavy (non-hydrogen) atoms. The number of rotatable bonds is 6. The van der Waals surface area contributed by atoms with Crippen molar-refractivity contribution in [3.05, 3.63) is 52.2 Å². The number of hydrogen-bond donors (Lipinski definition) is 1. The summed E-state index contributed by atoms with van der Waals surface area (Å²) >= 11 is 0. The summed E-state index contributed by atoms with van der Waals surface area (Å²) in [6.45, 7) is 0. The van der Waals surface area contributed by atoms with Gasteiger partial charge in [-0.2, -0.15) is 5.10 Å². The van der Waals surface area contributed by atoms with Gasteiger partial charge in [-0.25, -0.2) is 4.98 Å². The maximum absolute atomic E-state index is 12.2. The number of aromatic nitrogens is 4. The molecule has 0 aliphatic heterocycles. The number of nitrogens with zero attached hydrogens (tertiary/aromatic N) is 4. The summed E-state index contributed by atoms with van der Waals surface area (Å²) in [7, 11) is 7.55. The maximum atomic E-state index is 12.2. The van der Waals surface area contributed by atoms with Gasteiger partial charge in [0.05, 0.1) is 13.3 Å². The number of H-pyrrole nitrogens is 1. The average Bonchev–Trinajstić information content (AvgIpc) is 2.97. The Morgan fingerprint density at radius 1 is 1.36 bits per heavy atom. The second-order valence-corrected chi connectivity index (χ2v) is 6.31. The van der Waals surface area contributed by atoms with E-state index in [4.69, 9.17) is 4.74 Å². The summed E-state index contributed by atoms with van der Waals surface area (Å²) in [5.41, 5.74) is 1.64. The molecule has 1 N–H and O–H groups in total. The number of benzene rings is 1. The Morgan fingerprint density at radius 2 is 2.16 bits per heavy atom. The minimum Gasteiger partial charge on any atom is -0.497 e. The van der Waals surface area contributed by atoms with Crippen LogP contribution in [0.1, 0.15) is 23.9 Å². The van der Waals surface area contributed by atoms with Crippen LogP contribution >= 0.6 is 0 Å². The van der Waals surface area contributed by atoms with Crippen LogP contribution < -0.4 is 10.3 Å². The molecule has 132 valence electrons. The fourth-order valence-electron chi connectivity index (χ4n) is 3.04. The lowest BCUT2D eigenvalue weighted by Crippen LogP contribution is -2.21. The Hall–Kier alpha value is -2.67. The Bertz CT molecular complexity index is 929. The van der Waals surface area contributed by atoms with E-state index in [0.717, 1.165) is 12.2 Å². The van der Waals surface area contributed by atoms with Crippen molar-refractivity contribution in [1.29, 1.82) is 0 Å². The fraction of sp³-hybridized carbons (Fsp3) is 0.389. The second kappa shape index (κ2) is 7.06. The zero-order valence-electron chi connectivity index (χ0n) is 15.0. The Labute approximate surface area is 146 Å².